The summed E-state index contributed by atoms with van der Waals surface area (Å²) in [6, 6.07) is 5.26. The Morgan fingerprint density at radius 1 is 1.00 bits per heavy atom. The highest BCUT2D eigenvalue weighted by Gasteiger charge is 2.51. The molecule has 58 heavy (non-hydrogen) atoms. The molecule has 1 saturated carbocycles. The van der Waals surface area contributed by atoms with E-state index in [0.717, 1.165) is 32.2 Å². The second-order valence-electron chi connectivity index (χ2n) is 17.2. The highest BCUT2D eigenvalue weighted by molar-refractivity contribution is 6.18. The van der Waals surface area contributed by atoms with Crippen molar-refractivity contribution in [3.05, 3.63) is 47.7 Å². The third kappa shape index (κ3) is 5.95. The number of anilines is 1. The topological polar surface area (TPSA) is 82.8 Å². The highest BCUT2D eigenvalue weighted by Crippen LogP contribution is 2.48. The lowest BCUT2D eigenvalue weighted by Crippen LogP contribution is -2.55. The molecule has 3 aromatic carbocycles. The summed E-state index contributed by atoms with van der Waals surface area (Å²) >= 11 is 0. The van der Waals surface area contributed by atoms with E-state index >= 15 is 8.78 Å². The van der Waals surface area contributed by atoms with E-state index in [4.69, 9.17) is 26.2 Å². The van der Waals surface area contributed by atoms with Crippen LogP contribution in [0.4, 0.5) is 32.2 Å². The molecule has 10 rings (SSSR count). The molecule has 0 radical (unpaired) electrons. The first-order valence-electron chi connectivity index (χ1n) is 20.2. The van der Waals surface area contributed by atoms with Gasteiger partial charge in [-0.1, -0.05) is 18.4 Å². The van der Waals surface area contributed by atoms with Gasteiger partial charge >= 0.3 is 12.2 Å². The maximum absolute atomic E-state index is 17.8. The van der Waals surface area contributed by atoms with Gasteiger partial charge in [0.1, 0.15) is 41.2 Å². The van der Waals surface area contributed by atoms with Crippen molar-refractivity contribution in [2.75, 3.05) is 44.2 Å². The molecule has 9 nitrogen and oxygen atoms in total. The number of fused-ring (bicyclic) bond motifs is 7. The summed E-state index contributed by atoms with van der Waals surface area (Å²) in [5.74, 6) is -0.624. The standard InChI is InChI=1S/C43H43F6N7O2/c1-3-29-33(45)11-8-23-14-28(57)15-30(34(23)29)35-37(46)39-36(31-21-53(2)52-38(31)35)40(51-41(50-39)58-22-42-12-5-13-55(42)18-25(44)16-42)54-19-26-9-10-27(20-54)56(26)17-24-6-4-7-32(24)43(47,48)49/h1,8,11,14-15,21,24-27,32,57H,4-7,9-10,12-13,16-20,22H2,2H3/t24?,25-,26-,27+,32?,42+/m1/s1. The zero-order chi connectivity index (χ0) is 40.2. The van der Waals surface area contributed by atoms with Crippen LogP contribution in [-0.2, 0) is 7.05 Å². The Kier molecular flexibility index (Phi) is 8.80. The molecule has 5 fully saturated rings. The monoisotopic (exact) mass is 803 g/mol. The number of aromatic nitrogens is 4. The number of hydrogen-bond acceptors (Lipinski definition) is 8. The number of piperazine rings is 1. The maximum Gasteiger partial charge on any atom is 0.392 e. The van der Waals surface area contributed by atoms with Crippen LogP contribution in [-0.4, -0.2) is 104 Å². The molecule has 5 aromatic rings. The van der Waals surface area contributed by atoms with E-state index in [0.29, 0.717) is 67.4 Å². The number of ether oxygens (including phenoxy) is 1. The number of aromatic hydroxyl groups is 1. The average molecular weight is 804 g/mol. The molecule has 6 atom stereocenters. The molecule has 4 aliphatic heterocycles. The largest absolute Gasteiger partial charge is 0.508 e. The molecule has 2 bridgehead atoms. The van der Waals surface area contributed by atoms with Gasteiger partial charge < -0.3 is 14.7 Å². The predicted octanol–water partition coefficient (Wildman–Crippen LogP) is 7.89. The van der Waals surface area contributed by atoms with E-state index in [1.807, 2.05) is 0 Å². The lowest BCUT2D eigenvalue weighted by Gasteiger charge is -2.43. The van der Waals surface area contributed by atoms with Crippen molar-refractivity contribution >= 4 is 38.4 Å². The number of nitrogens with zero attached hydrogens (tertiary/aromatic N) is 7. The summed E-state index contributed by atoms with van der Waals surface area (Å²) in [5, 5.41) is 17.1. The molecular formula is C43H43F6N7O2. The quantitative estimate of drug-likeness (QED) is 0.132. The molecule has 2 unspecified atom stereocenters. The minimum atomic E-state index is -4.23. The minimum absolute atomic E-state index is 0.0426. The van der Waals surface area contributed by atoms with Gasteiger partial charge in [0.15, 0.2) is 5.82 Å². The van der Waals surface area contributed by atoms with Crippen molar-refractivity contribution < 1.29 is 36.2 Å². The molecule has 0 amide bonds. The van der Waals surface area contributed by atoms with Gasteiger partial charge in [-0.15, -0.1) is 6.42 Å². The van der Waals surface area contributed by atoms with Gasteiger partial charge in [0.05, 0.1) is 22.4 Å². The van der Waals surface area contributed by atoms with Crippen molar-refractivity contribution in [2.24, 2.45) is 18.9 Å². The summed E-state index contributed by atoms with van der Waals surface area (Å²) in [6.45, 7) is 2.44. The van der Waals surface area contributed by atoms with Crippen LogP contribution >= 0.6 is 0 Å². The fourth-order valence-electron chi connectivity index (χ4n) is 11.3. The van der Waals surface area contributed by atoms with Crippen molar-refractivity contribution in [1.29, 1.82) is 0 Å². The molecule has 304 valence electrons. The Balaban J connectivity index is 1.12. The van der Waals surface area contributed by atoms with Gasteiger partial charge in [0.25, 0.3) is 0 Å². The van der Waals surface area contributed by atoms with Gasteiger partial charge in [-0.3, -0.25) is 14.5 Å². The number of terminal acetylenes is 1. The SMILES string of the molecule is C#Cc1c(F)ccc2cc(O)cc(-c3c(F)c4nc(OC[C@@]56CCCN5C[C@H](F)C6)nc(N5C[C@H]6CC[C@@H](C5)N6CC5CCCC5C(F)(F)F)c4c4cn(C)nc34)c12. The van der Waals surface area contributed by atoms with Crippen LogP contribution < -0.4 is 9.64 Å². The van der Waals surface area contributed by atoms with Crippen LogP contribution in [0, 0.1) is 35.8 Å². The summed E-state index contributed by atoms with van der Waals surface area (Å²) in [6.07, 6.45) is 7.17. The van der Waals surface area contributed by atoms with E-state index in [-0.39, 0.29) is 70.0 Å². The number of alkyl halides is 4. The van der Waals surface area contributed by atoms with Crippen molar-refractivity contribution in [2.45, 2.75) is 81.3 Å². The van der Waals surface area contributed by atoms with Crippen molar-refractivity contribution in [3.63, 3.8) is 0 Å². The molecule has 1 N–H and O–H groups in total. The van der Waals surface area contributed by atoms with E-state index in [1.54, 1.807) is 13.2 Å². The zero-order valence-electron chi connectivity index (χ0n) is 32.0. The van der Waals surface area contributed by atoms with Gasteiger partial charge in [-0.25, -0.2) is 13.2 Å². The third-order valence-electron chi connectivity index (χ3n) is 13.8. The molecule has 5 aliphatic rings. The lowest BCUT2D eigenvalue weighted by molar-refractivity contribution is -0.185. The van der Waals surface area contributed by atoms with Crippen molar-refractivity contribution in [1.82, 2.24) is 29.5 Å². The van der Waals surface area contributed by atoms with Gasteiger partial charge in [-0.2, -0.15) is 28.2 Å². The maximum atomic E-state index is 17.8. The van der Waals surface area contributed by atoms with E-state index in [1.165, 1.54) is 28.9 Å². The number of halogens is 6. The number of phenols is 1. The fourth-order valence-corrected chi connectivity index (χ4v) is 11.3. The normalized spacial score (nSPS) is 27.7. The molecule has 6 heterocycles. The highest BCUT2D eigenvalue weighted by atomic mass is 19.4. The molecule has 4 saturated heterocycles. The molecule has 1 aliphatic carbocycles. The summed E-state index contributed by atoms with van der Waals surface area (Å²) in [7, 11) is 1.70. The molecule has 15 heteroatoms. The smallest absolute Gasteiger partial charge is 0.392 e. The first-order chi connectivity index (χ1) is 27.8. The Morgan fingerprint density at radius 2 is 1.79 bits per heavy atom. The van der Waals surface area contributed by atoms with Gasteiger partial charge in [-0.05, 0) is 80.1 Å². The second-order valence-corrected chi connectivity index (χ2v) is 17.2. The van der Waals surface area contributed by atoms with Crippen LogP contribution in [0.2, 0.25) is 0 Å². The minimum Gasteiger partial charge on any atom is -0.508 e. The van der Waals surface area contributed by atoms with Crippen molar-refractivity contribution in [3.8, 4) is 35.2 Å². The number of aryl methyl sites for hydroxylation is 1. The molecule has 0 spiro atoms. The number of rotatable bonds is 7. The van der Waals surface area contributed by atoms with Gasteiger partial charge in [0, 0.05) is 74.3 Å². The fraction of sp³-hybridized carbons (Fsp3) is 0.512. The first kappa shape index (κ1) is 37.5. The number of hydrogen-bond donors (Lipinski definition) is 1. The Labute approximate surface area is 330 Å². The predicted molar refractivity (Wildman–Crippen MR) is 207 cm³/mol. The summed E-state index contributed by atoms with van der Waals surface area (Å²) < 4.78 is 97.8. The number of benzene rings is 3. The zero-order valence-corrected chi connectivity index (χ0v) is 32.0. The number of phenolic OH excluding ortho intramolecular Hbond substituents is 1. The Hall–Kier alpha value is -4.81. The second kappa shape index (κ2) is 13.6. The third-order valence-corrected chi connectivity index (χ3v) is 13.8. The lowest BCUT2D eigenvalue weighted by atomic mass is 9.91. The summed E-state index contributed by atoms with van der Waals surface area (Å²) in [5.41, 5.74) is -0.423. The van der Waals surface area contributed by atoms with Crippen LogP contribution in [0.1, 0.15) is 56.9 Å². The average Bonchev–Trinajstić information content (AvgIpc) is 3.99. The Morgan fingerprint density at radius 3 is 2.55 bits per heavy atom. The van der Waals surface area contributed by atoms with Crippen LogP contribution in [0.3, 0.4) is 0 Å². The van der Waals surface area contributed by atoms with Gasteiger partial charge in [0.2, 0.25) is 0 Å². The van der Waals surface area contributed by atoms with E-state index in [9.17, 15) is 22.7 Å². The first-order valence-corrected chi connectivity index (χ1v) is 20.2. The summed E-state index contributed by atoms with van der Waals surface area (Å²) in [4.78, 5) is 16.1. The van der Waals surface area contributed by atoms with Crippen LogP contribution in [0.15, 0.2) is 30.5 Å². The van der Waals surface area contributed by atoms with E-state index < -0.39 is 41.4 Å². The van der Waals surface area contributed by atoms with Crippen LogP contribution in [0.25, 0.3) is 43.7 Å². The van der Waals surface area contributed by atoms with Crippen LogP contribution in [0.5, 0.6) is 11.8 Å². The Bertz CT molecular complexity index is 2510. The molecule has 2 aromatic heterocycles. The van der Waals surface area contributed by atoms with E-state index in [2.05, 4.69) is 20.6 Å². The molecular weight excluding hydrogens is 761 g/mol.